The van der Waals surface area contributed by atoms with E-state index in [1.807, 2.05) is 30.3 Å². The van der Waals surface area contributed by atoms with Gasteiger partial charge in [0, 0.05) is 0 Å². The van der Waals surface area contributed by atoms with Gasteiger partial charge in [-0.15, -0.1) is 0 Å². The van der Waals surface area contributed by atoms with Crippen LogP contribution in [0.25, 0.3) is 0 Å². The summed E-state index contributed by atoms with van der Waals surface area (Å²) in [5.74, 6) is 5.68. The van der Waals surface area contributed by atoms with E-state index in [2.05, 4.69) is 31.8 Å². The molecule has 0 radical (unpaired) electrons. The van der Waals surface area contributed by atoms with Crippen molar-refractivity contribution in [3.8, 4) is 11.8 Å². The van der Waals surface area contributed by atoms with Gasteiger partial charge in [0.15, 0.2) is 0 Å². The summed E-state index contributed by atoms with van der Waals surface area (Å²) < 4.78 is 0.926. The molecule has 94 valence electrons. The summed E-state index contributed by atoms with van der Waals surface area (Å²) in [5.41, 5.74) is 0.893. The van der Waals surface area contributed by atoms with Crippen LogP contribution in [0.5, 0.6) is 0 Å². The fourth-order valence-electron chi connectivity index (χ4n) is 1.36. The van der Waals surface area contributed by atoms with Gasteiger partial charge in [0.25, 0.3) is 0 Å². The summed E-state index contributed by atoms with van der Waals surface area (Å²) in [4.78, 5) is 12.0. The molecule has 2 heteroatoms. The van der Waals surface area contributed by atoms with Crippen LogP contribution in [0.2, 0.25) is 5.32 Å². The Labute approximate surface area is 116 Å². The first kappa shape index (κ1) is 14.8. The number of carbonyl (C=O) groups is 1. The molecule has 0 atom stereocenters. The number of allylic oxidation sites excluding steroid dienone is 2. The molecular weight excluding hydrogens is 287 g/mol. The Hall–Kier alpha value is -1.29. The maximum atomic E-state index is 12.0. The monoisotopic (exact) mass is 306 g/mol. The molecule has 0 amide bonds. The zero-order chi connectivity index (χ0) is 13.2. The quantitative estimate of drug-likeness (QED) is 0.463. The maximum absolute atomic E-state index is 12.0. The number of carbonyl (C=O) groups excluding carboxylic acids is 1. The van der Waals surface area contributed by atoms with Crippen LogP contribution >= 0.6 is 0 Å². The molecular formula is C16H18OSe. The molecule has 0 unspecified atom stereocenters. The van der Waals surface area contributed by atoms with Crippen LogP contribution < -0.4 is 0 Å². The Morgan fingerprint density at radius 1 is 1.28 bits per heavy atom. The fourth-order valence-corrected chi connectivity index (χ4v) is 2.89. The number of hydrogen-bond acceptors (Lipinski definition) is 1. The SMILES string of the molecule is CCC/C=C(\[Se]CC)C(=O)C#Cc1ccccc1. The van der Waals surface area contributed by atoms with E-state index < -0.39 is 0 Å². The van der Waals surface area contributed by atoms with Gasteiger partial charge in [0.2, 0.25) is 0 Å². The Morgan fingerprint density at radius 3 is 2.61 bits per heavy atom. The molecule has 0 N–H and O–H groups in total. The first-order valence-electron chi connectivity index (χ1n) is 6.22. The number of ketones is 1. The minimum atomic E-state index is -0.00541. The molecule has 0 aromatic heterocycles. The third kappa shape index (κ3) is 5.36. The van der Waals surface area contributed by atoms with Crippen molar-refractivity contribution < 1.29 is 4.79 Å². The third-order valence-electron chi connectivity index (χ3n) is 2.24. The zero-order valence-electron chi connectivity index (χ0n) is 10.9. The molecule has 1 rings (SSSR count). The molecule has 0 aliphatic rings. The average Bonchev–Trinajstić information content (AvgIpc) is 2.42. The van der Waals surface area contributed by atoms with E-state index in [4.69, 9.17) is 0 Å². The van der Waals surface area contributed by atoms with Crippen molar-refractivity contribution in [2.45, 2.75) is 32.0 Å². The second-order valence-electron chi connectivity index (χ2n) is 3.74. The van der Waals surface area contributed by atoms with Gasteiger partial charge in [-0.25, -0.2) is 0 Å². The number of Topliss-reactive ketones (excluding diaryl/α,β-unsaturated/α-hetero) is 1. The van der Waals surface area contributed by atoms with E-state index in [0.29, 0.717) is 0 Å². The van der Waals surface area contributed by atoms with E-state index >= 15 is 0 Å². The zero-order valence-corrected chi connectivity index (χ0v) is 12.6. The van der Waals surface area contributed by atoms with Crippen LogP contribution in [0, 0.1) is 11.8 Å². The molecule has 0 bridgehead atoms. The van der Waals surface area contributed by atoms with Crippen LogP contribution in [0.4, 0.5) is 0 Å². The van der Waals surface area contributed by atoms with Gasteiger partial charge in [-0.1, -0.05) is 0 Å². The van der Waals surface area contributed by atoms with Gasteiger partial charge in [-0.3, -0.25) is 0 Å². The van der Waals surface area contributed by atoms with Crippen molar-refractivity contribution in [1.82, 2.24) is 0 Å². The Balaban J connectivity index is 2.76. The predicted molar refractivity (Wildman–Crippen MR) is 77.6 cm³/mol. The molecule has 0 heterocycles. The van der Waals surface area contributed by atoms with E-state index in [1.165, 1.54) is 0 Å². The Morgan fingerprint density at radius 2 is 2.00 bits per heavy atom. The van der Waals surface area contributed by atoms with Gasteiger partial charge in [0.1, 0.15) is 0 Å². The summed E-state index contributed by atoms with van der Waals surface area (Å²) in [7, 11) is 0. The normalized spacial score (nSPS) is 10.7. The number of unbranched alkanes of at least 4 members (excludes halogenated alkanes) is 1. The Kier molecular flexibility index (Phi) is 7.18. The first-order chi connectivity index (χ1) is 8.77. The average molecular weight is 305 g/mol. The molecule has 0 spiro atoms. The van der Waals surface area contributed by atoms with Gasteiger partial charge < -0.3 is 0 Å². The van der Waals surface area contributed by atoms with Crippen LogP contribution in [-0.4, -0.2) is 20.7 Å². The Bertz CT molecular complexity index is 463. The topological polar surface area (TPSA) is 17.1 Å². The summed E-state index contributed by atoms with van der Waals surface area (Å²) in [6.45, 7) is 4.23. The second kappa shape index (κ2) is 8.75. The van der Waals surface area contributed by atoms with E-state index in [1.54, 1.807) is 0 Å². The van der Waals surface area contributed by atoms with Crippen molar-refractivity contribution in [3.63, 3.8) is 0 Å². The van der Waals surface area contributed by atoms with Crippen LogP contribution in [0.1, 0.15) is 32.3 Å². The van der Waals surface area contributed by atoms with Crippen molar-refractivity contribution >= 4 is 20.7 Å². The van der Waals surface area contributed by atoms with Crippen molar-refractivity contribution in [1.29, 1.82) is 0 Å². The second-order valence-corrected chi connectivity index (χ2v) is 6.47. The molecule has 0 saturated carbocycles. The van der Waals surface area contributed by atoms with Gasteiger partial charge in [-0.2, -0.15) is 0 Å². The molecule has 0 aliphatic carbocycles. The summed E-state index contributed by atoms with van der Waals surface area (Å²) in [5, 5.41) is 1.04. The summed E-state index contributed by atoms with van der Waals surface area (Å²) in [6.07, 6.45) is 4.10. The molecule has 0 saturated heterocycles. The third-order valence-corrected chi connectivity index (χ3v) is 4.23. The number of rotatable bonds is 5. The summed E-state index contributed by atoms with van der Waals surface area (Å²) >= 11 is 0.262. The fraction of sp³-hybridized carbons (Fsp3) is 0.312. The van der Waals surface area contributed by atoms with Crippen LogP contribution in [0.15, 0.2) is 40.9 Å². The van der Waals surface area contributed by atoms with Gasteiger partial charge in [0.05, 0.1) is 0 Å². The summed E-state index contributed by atoms with van der Waals surface area (Å²) in [6, 6.07) is 9.64. The van der Waals surface area contributed by atoms with Crippen molar-refractivity contribution in [2.75, 3.05) is 0 Å². The molecule has 0 fully saturated rings. The van der Waals surface area contributed by atoms with Gasteiger partial charge in [-0.05, 0) is 0 Å². The van der Waals surface area contributed by atoms with E-state index in [9.17, 15) is 4.79 Å². The van der Waals surface area contributed by atoms with Crippen LogP contribution in [0.3, 0.4) is 0 Å². The first-order valence-corrected chi connectivity index (χ1v) is 8.29. The molecule has 1 aromatic carbocycles. The molecule has 1 aromatic rings. The van der Waals surface area contributed by atoms with Gasteiger partial charge >= 0.3 is 116 Å². The molecule has 1 nitrogen and oxygen atoms in total. The minimum absolute atomic E-state index is 0.00541. The van der Waals surface area contributed by atoms with E-state index in [-0.39, 0.29) is 20.7 Å². The number of benzene rings is 1. The van der Waals surface area contributed by atoms with E-state index in [0.717, 1.165) is 28.2 Å². The molecule has 18 heavy (non-hydrogen) atoms. The van der Waals surface area contributed by atoms with Crippen molar-refractivity contribution in [2.24, 2.45) is 0 Å². The predicted octanol–water partition coefficient (Wildman–Crippen LogP) is 3.43. The van der Waals surface area contributed by atoms with Crippen LogP contribution in [-0.2, 0) is 4.79 Å². The number of hydrogen-bond donors (Lipinski definition) is 0. The molecule has 0 aliphatic heterocycles. The van der Waals surface area contributed by atoms with Crippen molar-refractivity contribution in [3.05, 3.63) is 46.4 Å². The standard InChI is InChI=1S/C16H18OSe/c1-3-5-11-16(18-4-2)15(17)13-12-14-9-7-6-8-10-14/h6-11H,3-5H2,1-2H3/b16-11-.